The third-order valence-corrected chi connectivity index (χ3v) is 3.89. The first-order valence-corrected chi connectivity index (χ1v) is 6.88. The molecule has 0 heterocycles. The molecule has 0 aliphatic heterocycles. The maximum Gasteiger partial charge on any atom is 0.0621 e. The maximum atomic E-state index is 8.45. The molecule has 0 saturated heterocycles. The topological polar surface area (TPSA) is 35.8 Å². The molecule has 0 radical (unpaired) electrons. The molecule has 2 nitrogen and oxygen atoms in total. The highest BCUT2D eigenvalue weighted by Gasteiger charge is 2.26. The van der Waals surface area contributed by atoms with E-state index in [2.05, 4.69) is 25.2 Å². The number of nitrogens with one attached hydrogen (secondary N) is 1. The van der Waals surface area contributed by atoms with Crippen LogP contribution in [-0.4, -0.2) is 12.6 Å². The summed E-state index contributed by atoms with van der Waals surface area (Å²) in [5.41, 5.74) is 0. The second-order valence-electron chi connectivity index (χ2n) is 5.26. The Kier molecular flexibility index (Phi) is 6.49. The zero-order valence-electron chi connectivity index (χ0n) is 10.8. The molecule has 1 N–H and O–H groups in total. The average Bonchev–Trinajstić information content (AvgIpc) is 2.30. The Hall–Kier alpha value is -0.550. The van der Waals surface area contributed by atoms with Gasteiger partial charge in [0.1, 0.15) is 0 Å². The molecule has 0 aromatic rings. The van der Waals surface area contributed by atoms with Crippen molar-refractivity contribution in [3.8, 4) is 6.07 Å². The Morgan fingerprint density at radius 2 is 2.12 bits per heavy atom. The molecule has 0 bridgehead atoms. The largest absolute Gasteiger partial charge is 0.314 e. The quantitative estimate of drug-likeness (QED) is 0.698. The summed E-state index contributed by atoms with van der Waals surface area (Å²) in [4.78, 5) is 0. The summed E-state index contributed by atoms with van der Waals surface area (Å²) in [6, 6.07) is 2.94. The van der Waals surface area contributed by atoms with E-state index in [0.29, 0.717) is 6.42 Å². The van der Waals surface area contributed by atoms with Gasteiger partial charge in [-0.05, 0) is 50.5 Å². The van der Waals surface area contributed by atoms with Crippen molar-refractivity contribution in [1.29, 1.82) is 5.26 Å². The molecule has 1 saturated carbocycles. The van der Waals surface area contributed by atoms with Gasteiger partial charge in [0.2, 0.25) is 0 Å². The van der Waals surface area contributed by atoms with Crippen LogP contribution in [0.2, 0.25) is 0 Å². The standard InChI is InChI=1S/C14H26N2/c1-3-13-11-12(2)7-8-14(13)16-10-6-4-5-9-15/h12-14,16H,3-8,10-11H2,1-2H3. The number of hydrogen-bond acceptors (Lipinski definition) is 2. The van der Waals surface area contributed by atoms with E-state index in [1.165, 1.54) is 25.7 Å². The Balaban J connectivity index is 2.17. The molecule has 0 aromatic carbocycles. The lowest BCUT2D eigenvalue weighted by atomic mass is 9.77. The summed E-state index contributed by atoms with van der Waals surface area (Å²) in [6.07, 6.45) is 8.33. The summed E-state index contributed by atoms with van der Waals surface area (Å²) in [5.74, 6) is 1.79. The molecule has 92 valence electrons. The molecule has 0 aromatic heterocycles. The first-order valence-electron chi connectivity index (χ1n) is 6.88. The van der Waals surface area contributed by atoms with Crippen LogP contribution in [0.25, 0.3) is 0 Å². The van der Waals surface area contributed by atoms with Crippen molar-refractivity contribution in [2.45, 2.75) is 64.8 Å². The van der Waals surface area contributed by atoms with Crippen LogP contribution in [0, 0.1) is 23.2 Å². The molecular formula is C14H26N2. The van der Waals surface area contributed by atoms with Crippen molar-refractivity contribution in [3.63, 3.8) is 0 Å². The van der Waals surface area contributed by atoms with Crippen LogP contribution in [0.5, 0.6) is 0 Å². The lowest BCUT2D eigenvalue weighted by Gasteiger charge is -2.35. The third-order valence-electron chi connectivity index (χ3n) is 3.89. The summed E-state index contributed by atoms with van der Waals surface area (Å²) >= 11 is 0. The Morgan fingerprint density at radius 1 is 1.31 bits per heavy atom. The van der Waals surface area contributed by atoms with Crippen LogP contribution in [0.4, 0.5) is 0 Å². The van der Waals surface area contributed by atoms with Crippen molar-refractivity contribution in [1.82, 2.24) is 5.32 Å². The highest BCUT2D eigenvalue weighted by Crippen LogP contribution is 2.30. The van der Waals surface area contributed by atoms with Gasteiger partial charge in [-0.3, -0.25) is 0 Å². The molecule has 1 aliphatic rings. The SMILES string of the molecule is CCC1CC(C)CCC1NCCCCC#N. The number of nitriles is 1. The zero-order valence-corrected chi connectivity index (χ0v) is 10.8. The van der Waals surface area contributed by atoms with Gasteiger partial charge in [0, 0.05) is 12.5 Å². The molecule has 0 amide bonds. The lowest BCUT2D eigenvalue weighted by molar-refractivity contribution is 0.207. The molecule has 2 heteroatoms. The second kappa shape index (κ2) is 7.68. The first kappa shape index (κ1) is 13.5. The predicted molar refractivity (Wildman–Crippen MR) is 68.1 cm³/mol. The van der Waals surface area contributed by atoms with Gasteiger partial charge in [0.15, 0.2) is 0 Å². The van der Waals surface area contributed by atoms with Crippen LogP contribution in [0.15, 0.2) is 0 Å². The van der Waals surface area contributed by atoms with E-state index in [1.54, 1.807) is 0 Å². The van der Waals surface area contributed by atoms with Crippen molar-refractivity contribution in [3.05, 3.63) is 0 Å². The van der Waals surface area contributed by atoms with Gasteiger partial charge in [-0.2, -0.15) is 5.26 Å². The zero-order chi connectivity index (χ0) is 11.8. The van der Waals surface area contributed by atoms with Crippen LogP contribution in [-0.2, 0) is 0 Å². The van der Waals surface area contributed by atoms with Gasteiger partial charge in [0.05, 0.1) is 6.07 Å². The lowest BCUT2D eigenvalue weighted by Crippen LogP contribution is -2.40. The molecule has 0 spiro atoms. The molecular weight excluding hydrogens is 196 g/mol. The van der Waals surface area contributed by atoms with E-state index in [9.17, 15) is 0 Å². The molecule has 16 heavy (non-hydrogen) atoms. The van der Waals surface area contributed by atoms with Crippen molar-refractivity contribution in [2.75, 3.05) is 6.54 Å². The summed E-state index contributed by atoms with van der Waals surface area (Å²) in [5, 5.41) is 12.1. The summed E-state index contributed by atoms with van der Waals surface area (Å²) in [7, 11) is 0. The fourth-order valence-corrected chi connectivity index (χ4v) is 2.84. The number of unbranched alkanes of at least 4 members (excludes halogenated alkanes) is 2. The normalized spacial score (nSPS) is 29.9. The molecule has 1 fully saturated rings. The molecule has 3 atom stereocenters. The van der Waals surface area contributed by atoms with E-state index in [1.807, 2.05) is 0 Å². The van der Waals surface area contributed by atoms with Crippen LogP contribution < -0.4 is 5.32 Å². The molecule has 3 unspecified atom stereocenters. The van der Waals surface area contributed by atoms with Gasteiger partial charge in [-0.1, -0.05) is 20.3 Å². The number of nitrogens with zero attached hydrogens (tertiary/aromatic N) is 1. The van der Waals surface area contributed by atoms with Gasteiger partial charge in [0.25, 0.3) is 0 Å². The fraction of sp³-hybridized carbons (Fsp3) is 0.929. The van der Waals surface area contributed by atoms with Gasteiger partial charge in [-0.25, -0.2) is 0 Å². The average molecular weight is 222 g/mol. The van der Waals surface area contributed by atoms with E-state index in [4.69, 9.17) is 5.26 Å². The van der Waals surface area contributed by atoms with Crippen LogP contribution >= 0.6 is 0 Å². The van der Waals surface area contributed by atoms with Crippen LogP contribution in [0.1, 0.15) is 58.8 Å². The van der Waals surface area contributed by atoms with Crippen molar-refractivity contribution in [2.24, 2.45) is 11.8 Å². The Bertz CT molecular complexity index is 219. The van der Waals surface area contributed by atoms with Gasteiger partial charge >= 0.3 is 0 Å². The predicted octanol–water partition coefficient (Wildman–Crippen LogP) is 3.48. The van der Waals surface area contributed by atoms with Gasteiger partial charge in [-0.15, -0.1) is 0 Å². The Labute approximate surface area is 100 Å². The van der Waals surface area contributed by atoms with E-state index in [0.717, 1.165) is 37.3 Å². The highest BCUT2D eigenvalue weighted by atomic mass is 14.9. The monoisotopic (exact) mass is 222 g/mol. The highest BCUT2D eigenvalue weighted by molar-refractivity contribution is 4.82. The Morgan fingerprint density at radius 3 is 2.81 bits per heavy atom. The van der Waals surface area contributed by atoms with E-state index in [-0.39, 0.29) is 0 Å². The number of rotatable bonds is 6. The van der Waals surface area contributed by atoms with Crippen LogP contribution in [0.3, 0.4) is 0 Å². The van der Waals surface area contributed by atoms with Crippen molar-refractivity contribution < 1.29 is 0 Å². The first-order chi connectivity index (χ1) is 7.77. The summed E-state index contributed by atoms with van der Waals surface area (Å²) in [6.45, 7) is 5.79. The fourth-order valence-electron chi connectivity index (χ4n) is 2.84. The van der Waals surface area contributed by atoms with E-state index < -0.39 is 0 Å². The minimum atomic E-state index is 0.709. The van der Waals surface area contributed by atoms with Crippen molar-refractivity contribution >= 4 is 0 Å². The third kappa shape index (κ3) is 4.53. The minimum Gasteiger partial charge on any atom is -0.314 e. The smallest absolute Gasteiger partial charge is 0.0621 e. The maximum absolute atomic E-state index is 8.45. The summed E-state index contributed by atoms with van der Waals surface area (Å²) < 4.78 is 0. The second-order valence-corrected chi connectivity index (χ2v) is 5.26. The van der Waals surface area contributed by atoms with E-state index >= 15 is 0 Å². The molecule has 1 aliphatic carbocycles. The molecule has 1 rings (SSSR count). The van der Waals surface area contributed by atoms with Gasteiger partial charge < -0.3 is 5.32 Å². The minimum absolute atomic E-state index is 0.709. The number of hydrogen-bond donors (Lipinski definition) is 1.